The molecule has 152 valence electrons. The topological polar surface area (TPSA) is 6.25 Å². The second-order valence-electron chi connectivity index (χ2n) is 8.85. The molecule has 1 unspecified atom stereocenters. The molecule has 1 aliphatic heterocycles. The van der Waals surface area contributed by atoms with E-state index < -0.39 is 8.07 Å². The number of nitrogens with zero attached hydrogens (tertiary/aromatic N) is 2. The number of fused-ring (bicyclic) bond motifs is 2. The van der Waals surface area contributed by atoms with Gasteiger partial charge in [0.15, 0.2) is 5.71 Å². The lowest BCUT2D eigenvalue weighted by Gasteiger charge is -2.38. The summed E-state index contributed by atoms with van der Waals surface area (Å²) in [6.07, 6.45) is 6.96. The molecule has 2 aromatic rings. The molecule has 0 aromatic heterocycles. The minimum absolute atomic E-state index is 1.24. The zero-order valence-corrected chi connectivity index (χ0v) is 20.0. The van der Waals surface area contributed by atoms with Crippen LogP contribution in [0.3, 0.4) is 0 Å². The van der Waals surface area contributed by atoms with Crippen LogP contribution in [-0.2, 0) is 0 Å². The van der Waals surface area contributed by atoms with Crippen LogP contribution in [0.5, 0.6) is 0 Å². The third-order valence-corrected chi connectivity index (χ3v) is 10.4. The Balaban J connectivity index is 2.15. The standard InChI is InChI=1S/C27H31N2Si/c1-8-30(7)25-17-20(28(3)4)13-15-23(25)27(22-12-10-9-11-19(22)2)24-16-14-21(29(5)6)18-26(24)30/h8-18H,1H2,2-7H3/q+1. The van der Waals surface area contributed by atoms with E-state index in [1.807, 2.05) is 0 Å². The van der Waals surface area contributed by atoms with Gasteiger partial charge in [-0.25, -0.2) is 4.58 Å². The van der Waals surface area contributed by atoms with Gasteiger partial charge in [0.25, 0.3) is 0 Å². The number of allylic oxidation sites excluding steroid dienone is 5. The highest BCUT2D eigenvalue weighted by Crippen LogP contribution is 2.42. The third-order valence-electron chi connectivity index (χ3n) is 6.52. The average molecular weight is 412 g/mol. The van der Waals surface area contributed by atoms with E-state index in [1.165, 1.54) is 49.6 Å². The van der Waals surface area contributed by atoms with Crippen molar-refractivity contribution in [2.45, 2.75) is 13.5 Å². The van der Waals surface area contributed by atoms with Gasteiger partial charge in [-0.1, -0.05) is 42.6 Å². The first kappa shape index (κ1) is 20.4. The number of rotatable bonds is 3. The Hall–Kier alpha value is -2.91. The summed E-state index contributed by atoms with van der Waals surface area (Å²) in [4.78, 5) is 2.19. The van der Waals surface area contributed by atoms with Gasteiger partial charge >= 0.3 is 0 Å². The molecule has 2 aliphatic rings. The quantitative estimate of drug-likeness (QED) is 0.527. The van der Waals surface area contributed by atoms with Crippen LogP contribution in [0.1, 0.15) is 16.7 Å². The Kier molecular flexibility index (Phi) is 5.03. The largest absolute Gasteiger partial charge is 0.378 e. The van der Waals surface area contributed by atoms with Crippen LogP contribution < -0.4 is 10.1 Å². The number of aryl methyl sites for hydroxylation is 1. The van der Waals surface area contributed by atoms with Crippen molar-refractivity contribution < 1.29 is 4.58 Å². The van der Waals surface area contributed by atoms with Crippen molar-refractivity contribution in [1.82, 2.24) is 0 Å². The van der Waals surface area contributed by atoms with E-state index in [0.717, 1.165) is 0 Å². The van der Waals surface area contributed by atoms with Crippen molar-refractivity contribution in [1.29, 1.82) is 0 Å². The Morgan fingerprint density at radius 1 is 1.00 bits per heavy atom. The summed E-state index contributed by atoms with van der Waals surface area (Å²) in [5.74, 6) is 0. The molecule has 0 radical (unpaired) electrons. The fourth-order valence-corrected chi connectivity index (χ4v) is 7.73. The third kappa shape index (κ3) is 3.05. The Morgan fingerprint density at radius 2 is 1.73 bits per heavy atom. The van der Waals surface area contributed by atoms with Crippen molar-refractivity contribution in [3.8, 4) is 0 Å². The molecular weight excluding hydrogens is 380 g/mol. The number of anilines is 1. The first-order valence-electron chi connectivity index (χ1n) is 10.5. The van der Waals surface area contributed by atoms with Crippen molar-refractivity contribution in [3.63, 3.8) is 0 Å². The predicted molar refractivity (Wildman–Crippen MR) is 134 cm³/mol. The van der Waals surface area contributed by atoms with E-state index >= 15 is 0 Å². The summed E-state index contributed by atoms with van der Waals surface area (Å²) in [6, 6.07) is 15.7. The lowest BCUT2D eigenvalue weighted by molar-refractivity contribution is -0.462. The number of hydrogen-bond donors (Lipinski definition) is 0. The molecule has 2 aromatic carbocycles. The Labute approximate surface area is 181 Å². The second-order valence-corrected chi connectivity index (χ2v) is 12.7. The van der Waals surface area contributed by atoms with Gasteiger partial charge in [-0.3, -0.25) is 0 Å². The Bertz CT molecular complexity index is 1170. The zero-order chi connectivity index (χ0) is 21.6. The van der Waals surface area contributed by atoms with E-state index in [-0.39, 0.29) is 0 Å². The number of benzene rings is 2. The van der Waals surface area contributed by atoms with Gasteiger partial charge in [-0.2, -0.15) is 0 Å². The fraction of sp³-hybridized carbons (Fsp3) is 0.222. The van der Waals surface area contributed by atoms with Gasteiger partial charge in [0, 0.05) is 31.9 Å². The summed E-state index contributed by atoms with van der Waals surface area (Å²) in [7, 11) is 6.34. The fourth-order valence-electron chi connectivity index (χ4n) is 4.57. The van der Waals surface area contributed by atoms with Crippen LogP contribution in [0.25, 0.3) is 5.57 Å². The molecule has 2 nitrogen and oxygen atoms in total. The van der Waals surface area contributed by atoms with E-state index in [2.05, 4.69) is 124 Å². The first-order chi connectivity index (χ1) is 14.3. The van der Waals surface area contributed by atoms with Crippen molar-refractivity contribution >= 4 is 30.2 Å². The minimum Gasteiger partial charge on any atom is -0.378 e. The highest BCUT2D eigenvalue weighted by Gasteiger charge is 2.42. The zero-order valence-electron chi connectivity index (χ0n) is 19.0. The predicted octanol–water partition coefficient (Wildman–Crippen LogP) is 4.64. The van der Waals surface area contributed by atoms with E-state index in [0.29, 0.717) is 0 Å². The van der Waals surface area contributed by atoms with E-state index in [4.69, 9.17) is 0 Å². The maximum absolute atomic E-state index is 4.34. The van der Waals surface area contributed by atoms with Gasteiger partial charge in [0.05, 0.1) is 0 Å². The Morgan fingerprint density at radius 3 is 2.37 bits per heavy atom. The SMILES string of the molecule is C=C[Si]1(C)C2=CC(=[N+](C)C)C=CC2=C(c2ccccc2C)c2ccc(N(C)C)cc21. The summed E-state index contributed by atoms with van der Waals surface area (Å²) < 4.78 is 2.19. The molecule has 0 saturated heterocycles. The van der Waals surface area contributed by atoms with Crippen LogP contribution in [-0.4, -0.2) is 46.6 Å². The molecule has 1 heterocycles. The number of hydrogen-bond acceptors (Lipinski definition) is 1. The molecule has 0 fully saturated rings. The highest BCUT2D eigenvalue weighted by molar-refractivity contribution is 7.02. The normalized spacial score (nSPS) is 19.8. The summed E-state index contributed by atoms with van der Waals surface area (Å²) >= 11 is 0. The molecule has 0 amide bonds. The van der Waals surface area contributed by atoms with Crippen molar-refractivity contribution in [2.24, 2.45) is 0 Å². The van der Waals surface area contributed by atoms with Crippen molar-refractivity contribution in [2.75, 3.05) is 33.1 Å². The molecular formula is C27H31N2Si+. The molecule has 3 heteroatoms. The van der Waals surface area contributed by atoms with Gasteiger partial charge < -0.3 is 4.90 Å². The van der Waals surface area contributed by atoms with E-state index in [9.17, 15) is 0 Å². The second kappa shape index (κ2) is 7.40. The molecule has 30 heavy (non-hydrogen) atoms. The van der Waals surface area contributed by atoms with E-state index in [1.54, 1.807) is 0 Å². The molecule has 0 spiro atoms. The minimum atomic E-state index is -2.11. The van der Waals surface area contributed by atoms with Gasteiger partial charge in [-0.15, -0.1) is 6.58 Å². The highest BCUT2D eigenvalue weighted by atomic mass is 28.3. The molecule has 0 bridgehead atoms. The van der Waals surface area contributed by atoms with Crippen LogP contribution in [0, 0.1) is 6.92 Å². The van der Waals surface area contributed by atoms with Gasteiger partial charge in [0.1, 0.15) is 22.2 Å². The van der Waals surface area contributed by atoms with Crippen LogP contribution >= 0.6 is 0 Å². The van der Waals surface area contributed by atoms with Crippen molar-refractivity contribution in [3.05, 3.63) is 100 Å². The molecule has 4 rings (SSSR count). The summed E-state index contributed by atoms with van der Waals surface area (Å²) in [5.41, 5.74) is 11.4. The lowest BCUT2D eigenvalue weighted by atomic mass is 9.87. The maximum atomic E-state index is 4.34. The molecule has 0 N–H and O–H groups in total. The average Bonchev–Trinajstić information content (AvgIpc) is 2.74. The maximum Gasteiger partial charge on any atom is 0.199 e. The van der Waals surface area contributed by atoms with Crippen LogP contribution in [0.15, 0.2) is 83.7 Å². The molecule has 0 saturated carbocycles. The monoisotopic (exact) mass is 411 g/mol. The summed E-state index contributed by atoms with van der Waals surface area (Å²) in [6.45, 7) is 8.99. The van der Waals surface area contributed by atoms with Crippen LogP contribution in [0.2, 0.25) is 6.55 Å². The molecule has 1 aliphatic carbocycles. The lowest BCUT2D eigenvalue weighted by Crippen LogP contribution is -2.51. The van der Waals surface area contributed by atoms with Gasteiger partial charge in [0.2, 0.25) is 0 Å². The first-order valence-corrected chi connectivity index (χ1v) is 13.1. The smallest absolute Gasteiger partial charge is 0.199 e. The molecule has 1 atom stereocenters. The van der Waals surface area contributed by atoms with Crippen LogP contribution in [0.4, 0.5) is 5.69 Å². The summed E-state index contributed by atoms with van der Waals surface area (Å²) in [5, 5.41) is 2.90. The van der Waals surface area contributed by atoms with Gasteiger partial charge in [-0.05, 0) is 63.4 Å².